The van der Waals surface area contributed by atoms with Gasteiger partial charge in [-0.05, 0) is 24.5 Å². The summed E-state index contributed by atoms with van der Waals surface area (Å²) in [5.41, 5.74) is 2.01. The Morgan fingerprint density at radius 2 is 2.25 bits per heavy atom. The second-order valence-corrected chi connectivity index (χ2v) is 5.44. The van der Waals surface area contributed by atoms with Crippen molar-refractivity contribution in [2.24, 2.45) is 0 Å². The summed E-state index contributed by atoms with van der Waals surface area (Å²) in [6.45, 7) is 3.78. The third-order valence-electron chi connectivity index (χ3n) is 3.05. The molecule has 1 amide bonds. The summed E-state index contributed by atoms with van der Waals surface area (Å²) in [5, 5.41) is 0. The van der Waals surface area contributed by atoms with Crippen molar-refractivity contribution in [2.45, 2.75) is 24.6 Å². The molecule has 0 bridgehead atoms. The second-order valence-electron chi connectivity index (χ2n) is 4.15. The number of hydrogen-bond acceptors (Lipinski definition) is 1. The fraction of sp³-hybridized carbons (Fsp3) is 0.462. The van der Waals surface area contributed by atoms with Crippen molar-refractivity contribution < 1.29 is 4.79 Å². The molecule has 1 aliphatic heterocycles. The molecule has 0 saturated carbocycles. The van der Waals surface area contributed by atoms with E-state index >= 15 is 0 Å². The van der Waals surface area contributed by atoms with Gasteiger partial charge in [0.05, 0.1) is 0 Å². The molecule has 1 heterocycles. The van der Waals surface area contributed by atoms with Gasteiger partial charge in [0, 0.05) is 23.5 Å². The van der Waals surface area contributed by atoms with Crippen LogP contribution in [0.15, 0.2) is 24.3 Å². The van der Waals surface area contributed by atoms with Gasteiger partial charge < -0.3 is 4.90 Å². The van der Waals surface area contributed by atoms with E-state index < -0.39 is 0 Å². The molecule has 2 rings (SSSR count). The molecule has 0 N–H and O–H groups in total. The minimum absolute atomic E-state index is 0.180. The van der Waals surface area contributed by atoms with Crippen LogP contribution in [-0.4, -0.2) is 28.7 Å². The molecule has 1 unspecified atom stereocenters. The number of carbonyl (C=O) groups is 1. The first-order valence-corrected chi connectivity index (χ1v) is 6.65. The van der Waals surface area contributed by atoms with Gasteiger partial charge in [-0.25, -0.2) is 0 Å². The molecule has 0 radical (unpaired) electrons. The Labute approximate surface area is 105 Å². The standard InChI is InChI=1S/C13H16BrNO/c1-2-10-5-3-4-6-12(10)13(16)15-8-7-11(14)9-15/h3-6,11H,2,7-9H2,1H3. The molecule has 2 nitrogen and oxygen atoms in total. The Hall–Kier alpha value is -0.830. The summed E-state index contributed by atoms with van der Waals surface area (Å²) in [5.74, 6) is 0.180. The zero-order valence-corrected chi connectivity index (χ0v) is 11.0. The van der Waals surface area contributed by atoms with Crippen molar-refractivity contribution in [2.75, 3.05) is 13.1 Å². The van der Waals surface area contributed by atoms with E-state index in [9.17, 15) is 4.79 Å². The highest BCUT2D eigenvalue weighted by Gasteiger charge is 2.25. The Balaban J connectivity index is 2.20. The molecule has 0 spiro atoms. The van der Waals surface area contributed by atoms with Gasteiger partial charge >= 0.3 is 0 Å². The van der Waals surface area contributed by atoms with Crippen molar-refractivity contribution in [3.05, 3.63) is 35.4 Å². The lowest BCUT2D eigenvalue weighted by atomic mass is 10.0. The smallest absolute Gasteiger partial charge is 0.254 e. The predicted molar refractivity (Wildman–Crippen MR) is 69.1 cm³/mol. The Morgan fingerprint density at radius 1 is 1.50 bits per heavy atom. The molecule has 16 heavy (non-hydrogen) atoms. The Kier molecular flexibility index (Phi) is 3.64. The van der Waals surface area contributed by atoms with E-state index in [-0.39, 0.29) is 5.91 Å². The van der Waals surface area contributed by atoms with E-state index in [1.54, 1.807) is 0 Å². The summed E-state index contributed by atoms with van der Waals surface area (Å²) < 4.78 is 0. The second kappa shape index (κ2) is 5.00. The summed E-state index contributed by atoms with van der Waals surface area (Å²) >= 11 is 3.56. The molecule has 86 valence electrons. The molecule has 1 aromatic carbocycles. The van der Waals surface area contributed by atoms with E-state index in [2.05, 4.69) is 22.9 Å². The molecule has 0 aromatic heterocycles. The number of benzene rings is 1. The number of hydrogen-bond donors (Lipinski definition) is 0. The first-order valence-electron chi connectivity index (χ1n) is 5.73. The summed E-state index contributed by atoms with van der Waals surface area (Å²) in [6.07, 6.45) is 1.97. The maximum Gasteiger partial charge on any atom is 0.254 e. The van der Waals surface area contributed by atoms with Crippen molar-refractivity contribution in [1.29, 1.82) is 0 Å². The van der Waals surface area contributed by atoms with Gasteiger partial charge in [-0.15, -0.1) is 0 Å². The zero-order chi connectivity index (χ0) is 11.5. The van der Waals surface area contributed by atoms with Gasteiger partial charge in [-0.1, -0.05) is 41.1 Å². The number of aryl methyl sites for hydroxylation is 1. The van der Waals surface area contributed by atoms with Crippen molar-refractivity contribution >= 4 is 21.8 Å². The molecule has 1 atom stereocenters. The molecule has 0 aliphatic carbocycles. The molecule has 1 saturated heterocycles. The van der Waals surface area contributed by atoms with Crippen molar-refractivity contribution in [3.63, 3.8) is 0 Å². The van der Waals surface area contributed by atoms with Gasteiger partial charge in [-0.3, -0.25) is 4.79 Å². The van der Waals surface area contributed by atoms with Gasteiger partial charge in [0.15, 0.2) is 0 Å². The third-order valence-corrected chi connectivity index (χ3v) is 3.79. The molecular formula is C13H16BrNO. The van der Waals surface area contributed by atoms with Crippen LogP contribution in [0.5, 0.6) is 0 Å². The molecule has 3 heteroatoms. The van der Waals surface area contributed by atoms with Crippen LogP contribution < -0.4 is 0 Å². The number of rotatable bonds is 2. The van der Waals surface area contributed by atoms with Crippen LogP contribution in [0.2, 0.25) is 0 Å². The normalized spacial score (nSPS) is 20.1. The van der Waals surface area contributed by atoms with Crippen molar-refractivity contribution in [1.82, 2.24) is 4.90 Å². The lowest BCUT2D eigenvalue weighted by Gasteiger charge is -2.17. The molecule has 1 aliphatic rings. The quantitative estimate of drug-likeness (QED) is 0.764. The fourth-order valence-electron chi connectivity index (χ4n) is 2.11. The third kappa shape index (κ3) is 2.29. The minimum atomic E-state index is 0.180. The van der Waals surface area contributed by atoms with Crippen LogP contribution in [0.4, 0.5) is 0 Å². The monoisotopic (exact) mass is 281 g/mol. The Bertz CT molecular complexity index is 391. The van der Waals surface area contributed by atoms with Crippen LogP contribution in [-0.2, 0) is 6.42 Å². The van der Waals surface area contributed by atoms with Crippen LogP contribution in [0, 0.1) is 0 Å². The van der Waals surface area contributed by atoms with E-state index in [1.807, 2.05) is 29.2 Å². The van der Waals surface area contributed by atoms with E-state index in [0.29, 0.717) is 4.83 Å². The SMILES string of the molecule is CCc1ccccc1C(=O)N1CCC(Br)C1. The maximum atomic E-state index is 12.3. The number of amides is 1. The van der Waals surface area contributed by atoms with Crippen LogP contribution in [0.25, 0.3) is 0 Å². The molecular weight excluding hydrogens is 266 g/mol. The van der Waals surface area contributed by atoms with E-state index in [1.165, 1.54) is 0 Å². The summed E-state index contributed by atoms with van der Waals surface area (Å²) in [4.78, 5) is 14.7. The number of nitrogens with zero attached hydrogens (tertiary/aromatic N) is 1. The van der Waals surface area contributed by atoms with Crippen LogP contribution in [0.3, 0.4) is 0 Å². The van der Waals surface area contributed by atoms with Crippen molar-refractivity contribution in [3.8, 4) is 0 Å². The highest BCUT2D eigenvalue weighted by Crippen LogP contribution is 2.20. The zero-order valence-electron chi connectivity index (χ0n) is 9.45. The summed E-state index contributed by atoms with van der Waals surface area (Å²) in [6, 6.07) is 7.90. The topological polar surface area (TPSA) is 20.3 Å². The minimum Gasteiger partial charge on any atom is -0.337 e. The number of halogens is 1. The predicted octanol–water partition coefficient (Wildman–Crippen LogP) is 2.86. The van der Waals surface area contributed by atoms with E-state index in [0.717, 1.165) is 37.1 Å². The van der Waals surface area contributed by atoms with Gasteiger partial charge in [0.2, 0.25) is 0 Å². The highest BCUT2D eigenvalue weighted by molar-refractivity contribution is 9.09. The molecule has 1 fully saturated rings. The average Bonchev–Trinajstić information content (AvgIpc) is 2.75. The van der Waals surface area contributed by atoms with Gasteiger partial charge in [0.1, 0.15) is 0 Å². The molecule has 1 aromatic rings. The number of alkyl halides is 1. The summed E-state index contributed by atoms with van der Waals surface area (Å²) in [7, 11) is 0. The first kappa shape index (κ1) is 11.6. The lowest BCUT2D eigenvalue weighted by Crippen LogP contribution is -2.29. The first-order chi connectivity index (χ1) is 7.72. The number of likely N-dealkylation sites (tertiary alicyclic amines) is 1. The highest BCUT2D eigenvalue weighted by atomic mass is 79.9. The average molecular weight is 282 g/mol. The Morgan fingerprint density at radius 3 is 2.88 bits per heavy atom. The maximum absolute atomic E-state index is 12.3. The van der Waals surface area contributed by atoms with Gasteiger partial charge in [-0.2, -0.15) is 0 Å². The lowest BCUT2D eigenvalue weighted by molar-refractivity contribution is 0.0792. The van der Waals surface area contributed by atoms with Crippen LogP contribution >= 0.6 is 15.9 Å². The number of carbonyl (C=O) groups excluding carboxylic acids is 1. The van der Waals surface area contributed by atoms with Gasteiger partial charge in [0.25, 0.3) is 5.91 Å². The van der Waals surface area contributed by atoms with E-state index in [4.69, 9.17) is 0 Å². The largest absolute Gasteiger partial charge is 0.337 e. The fourth-order valence-corrected chi connectivity index (χ4v) is 2.66. The van der Waals surface area contributed by atoms with Crippen LogP contribution in [0.1, 0.15) is 29.3 Å².